The van der Waals surface area contributed by atoms with Crippen LogP contribution in [0.15, 0.2) is 42.5 Å². The monoisotopic (exact) mass is 298 g/mol. The number of rotatable bonds is 5. The van der Waals surface area contributed by atoms with E-state index in [-0.39, 0.29) is 24.5 Å². The highest BCUT2D eigenvalue weighted by Gasteiger charge is 2.17. The number of carbonyl (C=O) groups excluding carboxylic acids is 1. The largest absolute Gasteiger partial charge is 0.396 e. The molecule has 1 amide bonds. The molecule has 0 saturated carbocycles. The Balaban J connectivity index is 2.18. The van der Waals surface area contributed by atoms with Crippen molar-refractivity contribution in [2.24, 2.45) is 5.92 Å². The van der Waals surface area contributed by atoms with E-state index in [9.17, 15) is 4.79 Å². The van der Waals surface area contributed by atoms with Gasteiger partial charge in [0.05, 0.1) is 17.0 Å². The molecule has 0 aliphatic heterocycles. The van der Waals surface area contributed by atoms with Gasteiger partial charge in [-0.05, 0) is 31.9 Å². The van der Waals surface area contributed by atoms with Crippen LogP contribution in [-0.4, -0.2) is 28.6 Å². The number of aryl methyl sites for hydroxylation is 1. The normalized spacial score (nSPS) is 13.5. The van der Waals surface area contributed by atoms with E-state index < -0.39 is 0 Å². The molecule has 0 aliphatic carbocycles. The minimum absolute atomic E-state index is 0.0146. The van der Waals surface area contributed by atoms with Crippen molar-refractivity contribution in [1.29, 1.82) is 0 Å². The number of pyridine rings is 1. The maximum Gasteiger partial charge on any atom is 0.253 e. The third-order valence-electron chi connectivity index (χ3n) is 3.90. The van der Waals surface area contributed by atoms with Crippen LogP contribution in [0, 0.1) is 12.8 Å². The first-order valence-corrected chi connectivity index (χ1v) is 7.47. The SMILES string of the molecule is Cc1nc(-c2ccccc2)ccc1C(=O)NC(C)C(C)CO. The van der Waals surface area contributed by atoms with Gasteiger partial charge in [-0.3, -0.25) is 9.78 Å². The van der Waals surface area contributed by atoms with Crippen LogP contribution < -0.4 is 5.32 Å². The molecule has 0 bridgehead atoms. The van der Waals surface area contributed by atoms with Crippen molar-refractivity contribution in [1.82, 2.24) is 10.3 Å². The number of hydrogen-bond donors (Lipinski definition) is 2. The first-order valence-electron chi connectivity index (χ1n) is 7.47. The number of nitrogens with zero attached hydrogens (tertiary/aromatic N) is 1. The topological polar surface area (TPSA) is 62.2 Å². The molecule has 1 heterocycles. The zero-order valence-corrected chi connectivity index (χ0v) is 13.2. The van der Waals surface area contributed by atoms with E-state index in [0.717, 1.165) is 11.3 Å². The number of nitrogens with one attached hydrogen (secondary N) is 1. The van der Waals surface area contributed by atoms with Crippen molar-refractivity contribution in [2.45, 2.75) is 26.8 Å². The Morgan fingerprint density at radius 2 is 1.86 bits per heavy atom. The van der Waals surface area contributed by atoms with Gasteiger partial charge >= 0.3 is 0 Å². The molecule has 2 unspecified atom stereocenters. The first-order chi connectivity index (χ1) is 10.5. The first kappa shape index (κ1) is 16.2. The standard InChI is InChI=1S/C18H22N2O2/c1-12(11-21)13(2)20-18(22)16-9-10-17(19-14(16)3)15-7-5-4-6-8-15/h4-10,12-13,21H,11H2,1-3H3,(H,20,22). The minimum atomic E-state index is -0.155. The predicted molar refractivity (Wildman–Crippen MR) is 87.6 cm³/mol. The number of aliphatic hydroxyl groups excluding tert-OH is 1. The van der Waals surface area contributed by atoms with Gasteiger partial charge in [-0.15, -0.1) is 0 Å². The number of aliphatic hydroxyl groups is 1. The molecule has 2 aromatic rings. The Morgan fingerprint density at radius 3 is 2.45 bits per heavy atom. The summed E-state index contributed by atoms with van der Waals surface area (Å²) in [6, 6.07) is 13.4. The summed E-state index contributed by atoms with van der Waals surface area (Å²) in [5, 5.41) is 12.1. The molecule has 0 spiro atoms. The van der Waals surface area contributed by atoms with E-state index in [1.165, 1.54) is 0 Å². The summed E-state index contributed by atoms with van der Waals surface area (Å²) in [5.41, 5.74) is 3.14. The Hall–Kier alpha value is -2.20. The van der Waals surface area contributed by atoms with Crippen molar-refractivity contribution in [3.8, 4) is 11.3 Å². The third-order valence-corrected chi connectivity index (χ3v) is 3.90. The highest BCUT2D eigenvalue weighted by atomic mass is 16.3. The van der Waals surface area contributed by atoms with Gasteiger partial charge in [-0.25, -0.2) is 0 Å². The van der Waals surface area contributed by atoms with E-state index in [1.807, 2.05) is 57.2 Å². The molecule has 2 rings (SSSR count). The van der Waals surface area contributed by atoms with Crippen molar-refractivity contribution >= 4 is 5.91 Å². The lowest BCUT2D eigenvalue weighted by Crippen LogP contribution is -2.38. The van der Waals surface area contributed by atoms with E-state index in [1.54, 1.807) is 6.07 Å². The van der Waals surface area contributed by atoms with Crippen LogP contribution in [0.3, 0.4) is 0 Å². The number of benzene rings is 1. The fourth-order valence-electron chi connectivity index (χ4n) is 2.16. The summed E-state index contributed by atoms with van der Waals surface area (Å²) in [7, 11) is 0. The maximum absolute atomic E-state index is 12.3. The second kappa shape index (κ2) is 7.18. The van der Waals surface area contributed by atoms with Crippen molar-refractivity contribution in [2.75, 3.05) is 6.61 Å². The zero-order valence-electron chi connectivity index (χ0n) is 13.2. The summed E-state index contributed by atoms with van der Waals surface area (Å²) in [4.78, 5) is 16.8. The Labute approximate surface area is 131 Å². The smallest absolute Gasteiger partial charge is 0.253 e. The van der Waals surface area contributed by atoms with Gasteiger partial charge < -0.3 is 10.4 Å². The van der Waals surface area contributed by atoms with E-state index in [2.05, 4.69) is 10.3 Å². The van der Waals surface area contributed by atoms with E-state index in [4.69, 9.17) is 5.11 Å². The molecule has 4 nitrogen and oxygen atoms in total. The van der Waals surface area contributed by atoms with Gasteiger partial charge in [-0.2, -0.15) is 0 Å². The van der Waals surface area contributed by atoms with Gasteiger partial charge in [0.25, 0.3) is 5.91 Å². The van der Waals surface area contributed by atoms with Gasteiger partial charge in [0.15, 0.2) is 0 Å². The van der Waals surface area contributed by atoms with Crippen LogP contribution in [-0.2, 0) is 0 Å². The van der Waals surface area contributed by atoms with Crippen LogP contribution in [0.2, 0.25) is 0 Å². The summed E-state index contributed by atoms with van der Waals surface area (Å²) in [6.45, 7) is 5.67. The lowest BCUT2D eigenvalue weighted by Gasteiger charge is -2.19. The molecule has 2 atom stereocenters. The summed E-state index contributed by atoms with van der Waals surface area (Å²) < 4.78 is 0. The maximum atomic E-state index is 12.3. The average molecular weight is 298 g/mol. The molecule has 0 fully saturated rings. The summed E-state index contributed by atoms with van der Waals surface area (Å²) in [6.07, 6.45) is 0. The lowest BCUT2D eigenvalue weighted by atomic mass is 10.0. The Morgan fingerprint density at radius 1 is 1.18 bits per heavy atom. The van der Waals surface area contributed by atoms with Gasteiger partial charge in [-0.1, -0.05) is 37.3 Å². The molecule has 0 radical (unpaired) electrons. The predicted octanol–water partition coefficient (Wildman–Crippen LogP) is 2.80. The molecular weight excluding hydrogens is 276 g/mol. The fourth-order valence-corrected chi connectivity index (χ4v) is 2.16. The molecule has 4 heteroatoms. The molecule has 1 aromatic heterocycles. The molecule has 0 aliphatic rings. The molecule has 1 aromatic carbocycles. The third kappa shape index (κ3) is 3.71. The fraction of sp³-hybridized carbons (Fsp3) is 0.333. The second-order valence-electron chi connectivity index (χ2n) is 5.62. The van der Waals surface area contributed by atoms with E-state index in [0.29, 0.717) is 11.3 Å². The van der Waals surface area contributed by atoms with Crippen LogP contribution >= 0.6 is 0 Å². The number of carbonyl (C=O) groups is 1. The zero-order chi connectivity index (χ0) is 16.1. The van der Waals surface area contributed by atoms with Gasteiger partial charge in [0.1, 0.15) is 0 Å². The molecule has 22 heavy (non-hydrogen) atoms. The molecule has 116 valence electrons. The summed E-state index contributed by atoms with van der Waals surface area (Å²) >= 11 is 0. The highest BCUT2D eigenvalue weighted by molar-refractivity contribution is 5.95. The minimum Gasteiger partial charge on any atom is -0.396 e. The summed E-state index contributed by atoms with van der Waals surface area (Å²) in [5.74, 6) is -0.141. The van der Waals surface area contributed by atoms with Gasteiger partial charge in [0.2, 0.25) is 0 Å². The molecule has 2 N–H and O–H groups in total. The molecular formula is C18H22N2O2. The van der Waals surface area contributed by atoms with Gasteiger partial charge in [0, 0.05) is 18.2 Å². The second-order valence-corrected chi connectivity index (χ2v) is 5.62. The van der Waals surface area contributed by atoms with E-state index >= 15 is 0 Å². The Bertz CT molecular complexity index is 641. The van der Waals surface area contributed by atoms with Crippen molar-refractivity contribution in [3.63, 3.8) is 0 Å². The van der Waals surface area contributed by atoms with Crippen LogP contribution in [0.25, 0.3) is 11.3 Å². The quantitative estimate of drug-likeness (QED) is 0.892. The average Bonchev–Trinajstić information content (AvgIpc) is 2.54. The number of hydrogen-bond acceptors (Lipinski definition) is 3. The van der Waals surface area contributed by atoms with Crippen molar-refractivity contribution in [3.05, 3.63) is 53.7 Å². The van der Waals surface area contributed by atoms with Crippen LogP contribution in [0.1, 0.15) is 29.9 Å². The number of aromatic nitrogens is 1. The molecule has 0 saturated heterocycles. The van der Waals surface area contributed by atoms with Crippen LogP contribution in [0.4, 0.5) is 0 Å². The lowest BCUT2D eigenvalue weighted by molar-refractivity contribution is 0.0915. The van der Waals surface area contributed by atoms with Crippen LogP contribution in [0.5, 0.6) is 0 Å². The Kier molecular flexibility index (Phi) is 5.28. The highest BCUT2D eigenvalue weighted by Crippen LogP contribution is 2.18. The van der Waals surface area contributed by atoms with Crippen molar-refractivity contribution < 1.29 is 9.90 Å². The number of amides is 1.